The van der Waals surface area contributed by atoms with Gasteiger partial charge in [-0.15, -0.1) is 0 Å². The van der Waals surface area contributed by atoms with Crippen molar-refractivity contribution < 1.29 is 9.90 Å². The second-order valence-electron chi connectivity index (χ2n) is 6.31. The Morgan fingerprint density at radius 3 is 2.46 bits per heavy atom. The van der Waals surface area contributed by atoms with Crippen LogP contribution in [0.25, 0.3) is 22.2 Å². The van der Waals surface area contributed by atoms with Gasteiger partial charge in [-0.1, -0.05) is 49.7 Å². The molecule has 1 unspecified atom stereocenters. The fourth-order valence-electron chi connectivity index (χ4n) is 2.83. The molecule has 2 aromatic carbocycles. The predicted octanol–water partition coefficient (Wildman–Crippen LogP) is 5.42. The van der Waals surface area contributed by atoms with Gasteiger partial charge in [0.2, 0.25) is 0 Å². The largest absolute Gasteiger partial charge is 0.478 e. The number of aryl methyl sites for hydroxylation is 1. The Morgan fingerprint density at radius 2 is 1.83 bits per heavy atom. The molecule has 3 nitrogen and oxygen atoms in total. The third kappa shape index (κ3) is 3.02. The topological polar surface area (TPSA) is 50.2 Å². The first-order chi connectivity index (χ1) is 11.5. The number of hydrogen-bond acceptors (Lipinski definition) is 2. The first kappa shape index (κ1) is 16.2. The molecule has 0 spiro atoms. The first-order valence-electron chi connectivity index (χ1n) is 8.24. The van der Waals surface area contributed by atoms with Gasteiger partial charge in [-0.2, -0.15) is 0 Å². The summed E-state index contributed by atoms with van der Waals surface area (Å²) in [6.45, 7) is 6.30. The van der Waals surface area contributed by atoms with Crippen molar-refractivity contribution in [3.8, 4) is 11.3 Å². The van der Waals surface area contributed by atoms with Crippen molar-refractivity contribution in [3.63, 3.8) is 0 Å². The van der Waals surface area contributed by atoms with Crippen molar-refractivity contribution in [1.82, 2.24) is 4.98 Å². The van der Waals surface area contributed by atoms with E-state index in [9.17, 15) is 9.90 Å². The van der Waals surface area contributed by atoms with Gasteiger partial charge < -0.3 is 5.11 Å². The van der Waals surface area contributed by atoms with E-state index in [1.165, 1.54) is 0 Å². The summed E-state index contributed by atoms with van der Waals surface area (Å²) in [6.07, 6.45) is 1.02. The van der Waals surface area contributed by atoms with Crippen molar-refractivity contribution >= 4 is 16.9 Å². The molecule has 1 N–H and O–H groups in total. The summed E-state index contributed by atoms with van der Waals surface area (Å²) in [6, 6.07) is 15.6. The number of carboxylic acid groups (broad SMARTS) is 1. The Kier molecular flexibility index (Phi) is 4.34. The van der Waals surface area contributed by atoms with Crippen LogP contribution < -0.4 is 0 Å². The van der Waals surface area contributed by atoms with Crippen LogP contribution in [-0.2, 0) is 0 Å². The monoisotopic (exact) mass is 319 g/mol. The van der Waals surface area contributed by atoms with E-state index in [1.54, 1.807) is 6.07 Å². The van der Waals surface area contributed by atoms with E-state index in [2.05, 4.69) is 18.8 Å². The summed E-state index contributed by atoms with van der Waals surface area (Å²) in [7, 11) is 0. The zero-order chi connectivity index (χ0) is 17.3. The van der Waals surface area contributed by atoms with Crippen LogP contribution >= 0.6 is 0 Å². The van der Waals surface area contributed by atoms with Crippen molar-refractivity contribution in [2.24, 2.45) is 0 Å². The highest BCUT2D eigenvalue weighted by Gasteiger charge is 2.14. The van der Waals surface area contributed by atoms with Crippen LogP contribution in [-0.4, -0.2) is 16.1 Å². The Bertz CT molecular complexity index is 898. The minimum Gasteiger partial charge on any atom is -0.478 e. The zero-order valence-electron chi connectivity index (χ0n) is 14.2. The predicted molar refractivity (Wildman–Crippen MR) is 97.6 cm³/mol. The van der Waals surface area contributed by atoms with Crippen LogP contribution in [0.15, 0.2) is 48.5 Å². The average Bonchev–Trinajstić information content (AvgIpc) is 2.60. The van der Waals surface area contributed by atoms with E-state index < -0.39 is 5.97 Å². The number of benzene rings is 2. The number of aromatic carboxylic acids is 1. The molecule has 122 valence electrons. The number of carbonyl (C=O) groups is 1. The van der Waals surface area contributed by atoms with E-state index in [-0.39, 0.29) is 0 Å². The molecule has 0 amide bonds. The highest BCUT2D eigenvalue weighted by molar-refractivity contribution is 6.04. The molecule has 0 bridgehead atoms. The molecule has 0 aliphatic carbocycles. The molecular weight excluding hydrogens is 298 g/mol. The van der Waals surface area contributed by atoms with Crippen LogP contribution in [0.4, 0.5) is 0 Å². The summed E-state index contributed by atoms with van der Waals surface area (Å²) >= 11 is 0. The van der Waals surface area contributed by atoms with Gasteiger partial charge >= 0.3 is 5.97 Å². The molecule has 1 aromatic heterocycles. The van der Waals surface area contributed by atoms with Crippen LogP contribution in [0.3, 0.4) is 0 Å². The summed E-state index contributed by atoms with van der Waals surface area (Å²) in [5, 5.41) is 10.4. The van der Waals surface area contributed by atoms with E-state index in [0.29, 0.717) is 22.6 Å². The lowest BCUT2D eigenvalue weighted by Gasteiger charge is -2.12. The number of rotatable bonds is 4. The third-order valence-corrected chi connectivity index (χ3v) is 4.59. The molecule has 0 saturated carbocycles. The molecule has 0 saturated heterocycles. The van der Waals surface area contributed by atoms with Crippen molar-refractivity contribution in [3.05, 3.63) is 65.2 Å². The van der Waals surface area contributed by atoms with Crippen molar-refractivity contribution in [2.75, 3.05) is 0 Å². The Balaban J connectivity index is 2.21. The summed E-state index contributed by atoms with van der Waals surface area (Å²) < 4.78 is 0. The first-order valence-corrected chi connectivity index (χ1v) is 8.24. The standard InChI is InChI=1S/C21H21NO2/c1-4-14(3)16-9-10-19-17(11-16)18(21(23)24)12-20(22-19)15-7-5-13(2)6-8-15/h5-12,14H,4H2,1-3H3,(H,23,24). The fourth-order valence-corrected chi connectivity index (χ4v) is 2.83. The summed E-state index contributed by atoms with van der Waals surface area (Å²) in [4.78, 5) is 16.5. The maximum Gasteiger partial charge on any atom is 0.336 e. The number of fused-ring (bicyclic) bond motifs is 1. The second-order valence-corrected chi connectivity index (χ2v) is 6.31. The van der Waals surface area contributed by atoms with Gasteiger partial charge in [0.1, 0.15) is 0 Å². The maximum absolute atomic E-state index is 11.8. The van der Waals surface area contributed by atoms with Gasteiger partial charge in [0.25, 0.3) is 0 Å². The van der Waals surface area contributed by atoms with Crippen molar-refractivity contribution in [2.45, 2.75) is 33.1 Å². The molecule has 3 rings (SSSR count). The molecule has 3 heteroatoms. The summed E-state index contributed by atoms with van der Waals surface area (Å²) in [5.41, 5.74) is 4.96. The molecule has 0 aliphatic heterocycles. The van der Waals surface area contributed by atoms with Gasteiger partial charge in [0, 0.05) is 10.9 Å². The molecule has 0 aliphatic rings. The Labute approximate surface area is 142 Å². The lowest BCUT2D eigenvalue weighted by Crippen LogP contribution is -2.01. The van der Waals surface area contributed by atoms with Crippen LogP contribution in [0, 0.1) is 6.92 Å². The smallest absolute Gasteiger partial charge is 0.336 e. The van der Waals surface area contributed by atoms with E-state index in [0.717, 1.165) is 28.6 Å². The minimum absolute atomic E-state index is 0.306. The third-order valence-electron chi connectivity index (χ3n) is 4.59. The van der Waals surface area contributed by atoms with E-state index >= 15 is 0 Å². The second kappa shape index (κ2) is 6.44. The van der Waals surface area contributed by atoms with E-state index in [4.69, 9.17) is 0 Å². The number of pyridine rings is 1. The molecule has 1 atom stereocenters. The number of hydrogen-bond donors (Lipinski definition) is 1. The van der Waals surface area contributed by atoms with Gasteiger partial charge in [0.05, 0.1) is 16.8 Å². The van der Waals surface area contributed by atoms with Gasteiger partial charge in [-0.25, -0.2) is 9.78 Å². The quantitative estimate of drug-likeness (QED) is 0.698. The number of aromatic nitrogens is 1. The number of nitrogens with zero attached hydrogens (tertiary/aromatic N) is 1. The highest BCUT2D eigenvalue weighted by atomic mass is 16.4. The molecule has 1 heterocycles. The lowest BCUT2D eigenvalue weighted by atomic mass is 9.95. The van der Waals surface area contributed by atoms with Gasteiger partial charge in [-0.05, 0) is 43.0 Å². The van der Waals surface area contributed by atoms with Crippen LogP contribution in [0.1, 0.15) is 47.7 Å². The average molecular weight is 319 g/mol. The van der Waals surface area contributed by atoms with Crippen LogP contribution in [0.2, 0.25) is 0 Å². The Hall–Kier alpha value is -2.68. The Morgan fingerprint density at radius 1 is 1.12 bits per heavy atom. The van der Waals surface area contributed by atoms with Crippen molar-refractivity contribution in [1.29, 1.82) is 0 Å². The lowest BCUT2D eigenvalue weighted by molar-refractivity contribution is 0.0699. The fraction of sp³-hybridized carbons (Fsp3) is 0.238. The molecule has 0 radical (unpaired) electrons. The minimum atomic E-state index is -0.919. The van der Waals surface area contributed by atoms with Gasteiger partial charge in [0.15, 0.2) is 0 Å². The molecular formula is C21H21NO2. The molecule has 0 fully saturated rings. The maximum atomic E-state index is 11.8. The number of carboxylic acids is 1. The van der Waals surface area contributed by atoms with Gasteiger partial charge in [-0.3, -0.25) is 0 Å². The summed E-state index contributed by atoms with van der Waals surface area (Å²) in [5.74, 6) is -0.523. The molecule has 3 aromatic rings. The van der Waals surface area contributed by atoms with E-state index in [1.807, 2.05) is 49.4 Å². The zero-order valence-corrected chi connectivity index (χ0v) is 14.2. The SMILES string of the molecule is CCC(C)c1ccc2nc(-c3ccc(C)cc3)cc(C(=O)O)c2c1. The molecule has 24 heavy (non-hydrogen) atoms. The van der Waals surface area contributed by atoms with Crippen LogP contribution in [0.5, 0.6) is 0 Å². The normalized spacial score (nSPS) is 12.3. The highest BCUT2D eigenvalue weighted by Crippen LogP contribution is 2.28.